The summed E-state index contributed by atoms with van der Waals surface area (Å²) in [7, 11) is 4.47. The molecule has 2 fully saturated rings. The number of hydrogen-bond acceptors (Lipinski definition) is 5. The van der Waals surface area contributed by atoms with Crippen LogP contribution in [0.5, 0.6) is 5.75 Å². The summed E-state index contributed by atoms with van der Waals surface area (Å²) in [5, 5.41) is 32.7. The topological polar surface area (TPSA) is 101 Å². The van der Waals surface area contributed by atoms with Crippen molar-refractivity contribution in [2.24, 2.45) is 23.2 Å². The average molecular weight is 685 g/mol. The van der Waals surface area contributed by atoms with E-state index in [4.69, 9.17) is 0 Å². The SMILES string of the molecule is CN1C(C)(C)CC(C(CCCC(Cc2cc(C(C)(C)C)c(O)c(C(C)(C)C)c2)(C(=O)O)C(=O)O)C2CC(C)(C)N(C)C(C)(C)C2)CC1(C)C. The molecule has 0 saturated carbocycles. The molecular weight excluding hydrogens is 612 g/mol. The molecule has 0 aromatic heterocycles. The molecule has 2 saturated heterocycles. The lowest BCUT2D eigenvalue weighted by Gasteiger charge is -2.59. The van der Waals surface area contributed by atoms with Crippen LogP contribution < -0.4 is 0 Å². The Morgan fingerprint density at radius 3 is 1.33 bits per heavy atom. The summed E-state index contributed by atoms with van der Waals surface area (Å²) in [4.78, 5) is 31.3. The van der Waals surface area contributed by atoms with Crippen LogP contribution in [0.1, 0.15) is 159 Å². The number of phenols is 1. The molecule has 1 aromatic carbocycles. The van der Waals surface area contributed by atoms with Gasteiger partial charge in [-0.2, -0.15) is 0 Å². The van der Waals surface area contributed by atoms with Gasteiger partial charge in [0.05, 0.1) is 0 Å². The van der Waals surface area contributed by atoms with Gasteiger partial charge in [0.15, 0.2) is 5.41 Å². The minimum absolute atomic E-state index is 0.0153. The van der Waals surface area contributed by atoms with Gasteiger partial charge in [0.25, 0.3) is 0 Å². The fraction of sp³-hybridized carbons (Fsp3) is 0.810. The van der Waals surface area contributed by atoms with E-state index in [0.29, 0.717) is 40.9 Å². The molecular formula is C42H72N2O5. The third-order valence-electron chi connectivity index (χ3n) is 13.1. The van der Waals surface area contributed by atoms with Crippen molar-refractivity contribution in [2.45, 2.75) is 181 Å². The van der Waals surface area contributed by atoms with E-state index >= 15 is 0 Å². The van der Waals surface area contributed by atoms with Crippen LogP contribution in [0.4, 0.5) is 0 Å². The molecule has 7 nitrogen and oxygen atoms in total. The first-order valence-electron chi connectivity index (χ1n) is 18.7. The summed E-state index contributed by atoms with van der Waals surface area (Å²) in [6.07, 6.45) is 5.51. The fourth-order valence-electron chi connectivity index (χ4n) is 9.83. The molecule has 0 amide bonds. The van der Waals surface area contributed by atoms with Gasteiger partial charge in [-0.3, -0.25) is 19.4 Å². The third kappa shape index (κ3) is 8.51. The predicted octanol–water partition coefficient (Wildman–Crippen LogP) is 9.27. The minimum atomic E-state index is -1.97. The first kappa shape index (κ1) is 41.3. The van der Waals surface area contributed by atoms with Crippen LogP contribution in [0.25, 0.3) is 0 Å². The van der Waals surface area contributed by atoms with Gasteiger partial charge >= 0.3 is 11.9 Å². The van der Waals surface area contributed by atoms with Gasteiger partial charge < -0.3 is 15.3 Å². The smallest absolute Gasteiger partial charge is 0.321 e. The van der Waals surface area contributed by atoms with Crippen molar-refractivity contribution >= 4 is 11.9 Å². The second-order valence-corrected chi connectivity index (χ2v) is 20.7. The zero-order valence-corrected chi connectivity index (χ0v) is 34.1. The van der Waals surface area contributed by atoms with E-state index in [2.05, 4.69) is 79.3 Å². The van der Waals surface area contributed by atoms with E-state index in [1.807, 2.05) is 53.7 Å². The van der Waals surface area contributed by atoms with Crippen LogP contribution >= 0.6 is 0 Å². The lowest BCUT2D eigenvalue weighted by Crippen LogP contribution is -2.62. The molecule has 0 atom stereocenters. The highest BCUT2D eigenvalue weighted by Gasteiger charge is 2.52. The van der Waals surface area contributed by atoms with Crippen molar-refractivity contribution in [3.63, 3.8) is 0 Å². The lowest BCUT2D eigenvalue weighted by atomic mass is 9.60. The van der Waals surface area contributed by atoms with Crippen LogP contribution in [0, 0.1) is 23.2 Å². The van der Waals surface area contributed by atoms with Crippen LogP contribution in [-0.2, 0) is 26.8 Å². The zero-order chi connectivity index (χ0) is 37.9. The molecule has 3 rings (SSSR count). The highest BCUT2D eigenvalue weighted by atomic mass is 16.4. The van der Waals surface area contributed by atoms with Gasteiger partial charge in [0, 0.05) is 22.2 Å². The van der Waals surface area contributed by atoms with Crippen molar-refractivity contribution in [1.82, 2.24) is 9.80 Å². The summed E-state index contributed by atoms with van der Waals surface area (Å²) in [6, 6.07) is 3.67. The van der Waals surface area contributed by atoms with Crippen LogP contribution in [-0.4, -0.2) is 73.3 Å². The number of rotatable bonds is 10. The van der Waals surface area contributed by atoms with E-state index in [-0.39, 0.29) is 40.7 Å². The highest BCUT2D eigenvalue weighted by molar-refractivity contribution is 5.98. The monoisotopic (exact) mass is 685 g/mol. The van der Waals surface area contributed by atoms with E-state index in [9.17, 15) is 24.9 Å². The molecule has 7 heteroatoms. The average Bonchev–Trinajstić information content (AvgIpc) is 2.90. The molecule has 49 heavy (non-hydrogen) atoms. The van der Waals surface area contributed by atoms with Crippen LogP contribution in [0.2, 0.25) is 0 Å². The van der Waals surface area contributed by atoms with E-state index < -0.39 is 28.2 Å². The Hall–Kier alpha value is -2.12. The van der Waals surface area contributed by atoms with Gasteiger partial charge in [-0.15, -0.1) is 0 Å². The van der Waals surface area contributed by atoms with Gasteiger partial charge in [-0.05, 0) is 160 Å². The molecule has 0 unspecified atom stereocenters. The number of carboxylic acid groups (broad SMARTS) is 2. The molecule has 2 aliphatic rings. The number of piperidine rings is 2. The predicted molar refractivity (Wildman–Crippen MR) is 202 cm³/mol. The normalized spacial score (nSPS) is 22.4. The van der Waals surface area contributed by atoms with Gasteiger partial charge in [0.2, 0.25) is 0 Å². The lowest BCUT2D eigenvalue weighted by molar-refractivity contribution is -0.165. The Morgan fingerprint density at radius 1 is 0.714 bits per heavy atom. The number of aliphatic carboxylic acids is 2. The van der Waals surface area contributed by atoms with Gasteiger partial charge in [0.1, 0.15) is 5.75 Å². The first-order chi connectivity index (χ1) is 21.9. The quantitative estimate of drug-likeness (QED) is 0.211. The zero-order valence-electron chi connectivity index (χ0n) is 34.1. The standard InChI is InChI=1S/C42H72N2O5/c1-36(2,3)31-20-27(21-32(33(31)45)37(4,5)6)22-42(34(46)47,35(48)49)19-17-18-30(28-23-38(7,8)43(15)39(9,10)24-28)29-25-40(11,12)44(16)41(13,14)26-29/h20-21,28-30,45H,17-19,22-26H2,1-16H3,(H,46,47)(H,48,49). The number of hydrogen-bond donors (Lipinski definition) is 3. The number of likely N-dealkylation sites (tertiary alicyclic amines) is 2. The van der Waals surface area contributed by atoms with Crippen molar-refractivity contribution in [2.75, 3.05) is 14.1 Å². The summed E-state index contributed by atoms with van der Waals surface area (Å²) in [5.74, 6) is -1.12. The Morgan fingerprint density at radius 2 is 1.04 bits per heavy atom. The molecule has 0 aliphatic carbocycles. The maximum absolute atomic E-state index is 13.1. The largest absolute Gasteiger partial charge is 0.507 e. The summed E-state index contributed by atoms with van der Waals surface area (Å²) in [6.45, 7) is 30.8. The fourth-order valence-corrected chi connectivity index (χ4v) is 9.83. The number of benzene rings is 1. The third-order valence-corrected chi connectivity index (χ3v) is 13.1. The Labute approximate surface area is 299 Å². The van der Waals surface area contributed by atoms with E-state index in [1.165, 1.54) is 0 Å². The van der Waals surface area contributed by atoms with Gasteiger partial charge in [-0.1, -0.05) is 60.1 Å². The number of phenolic OH excluding ortho intramolecular Hbond substituents is 1. The molecule has 1 aromatic rings. The highest BCUT2D eigenvalue weighted by Crippen LogP contribution is 2.52. The number of aromatic hydroxyl groups is 1. The molecule has 3 N–H and O–H groups in total. The van der Waals surface area contributed by atoms with Crippen LogP contribution in [0.15, 0.2) is 12.1 Å². The van der Waals surface area contributed by atoms with Crippen molar-refractivity contribution in [3.05, 3.63) is 28.8 Å². The second kappa shape index (κ2) is 13.5. The summed E-state index contributed by atoms with van der Waals surface area (Å²) < 4.78 is 0. The summed E-state index contributed by atoms with van der Waals surface area (Å²) in [5.41, 5.74) is -0.666. The maximum Gasteiger partial charge on any atom is 0.321 e. The Bertz CT molecular complexity index is 1250. The molecule has 0 spiro atoms. The van der Waals surface area contributed by atoms with E-state index in [0.717, 1.165) is 32.1 Å². The van der Waals surface area contributed by atoms with Gasteiger partial charge in [-0.25, -0.2) is 0 Å². The minimum Gasteiger partial charge on any atom is -0.507 e. The Kier molecular flexibility index (Phi) is 11.3. The molecule has 280 valence electrons. The van der Waals surface area contributed by atoms with Crippen molar-refractivity contribution < 1.29 is 24.9 Å². The second-order valence-electron chi connectivity index (χ2n) is 20.7. The first-order valence-corrected chi connectivity index (χ1v) is 18.7. The molecule has 2 aliphatic heterocycles. The maximum atomic E-state index is 13.1. The number of nitrogens with zero attached hydrogens (tertiary/aromatic N) is 2. The van der Waals surface area contributed by atoms with Crippen LogP contribution in [0.3, 0.4) is 0 Å². The molecule has 0 bridgehead atoms. The molecule has 0 radical (unpaired) electrons. The Balaban J connectivity index is 2.05. The number of carbonyl (C=O) groups is 2. The van der Waals surface area contributed by atoms with Crippen molar-refractivity contribution in [3.8, 4) is 5.75 Å². The number of carboxylic acids is 2. The van der Waals surface area contributed by atoms with E-state index in [1.54, 1.807) is 0 Å². The molecule has 2 heterocycles. The summed E-state index contributed by atoms with van der Waals surface area (Å²) >= 11 is 0. The van der Waals surface area contributed by atoms with Crippen molar-refractivity contribution in [1.29, 1.82) is 0 Å².